The summed E-state index contributed by atoms with van der Waals surface area (Å²) in [4.78, 5) is 57.2. The van der Waals surface area contributed by atoms with Crippen LogP contribution < -0.4 is 0 Å². The van der Waals surface area contributed by atoms with Gasteiger partial charge in [0, 0.05) is 52.9 Å². The summed E-state index contributed by atoms with van der Waals surface area (Å²) >= 11 is 0. The molecule has 0 aromatic rings. The van der Waals surface area contributed by atoms with Gasteiger partial charge in [0.05, 0.1) is 6.61 Å². The Bertz CT molecular complexity index is 673. The van der Waals surface area contributed by atoms with Crippen LogP contribution in [-0.4, -0.2) is 72.6 Å². The molecule has 0 amide bonds. The number of aliphatic hydroxyl groups is 1. The largest absolute Gasteiger partial charge is 0.465 e. The van der Waals surface area contributed by atoms with Crippen LogP contribution in [0.4, 0.5) is 0 Å². The van der Waals surface area contributed by atoms with Gasteiger partial charge in [-0.3, -0.25) is 24.0 Å². The minimum atomic E-state index is -1.76. The summed E-state index contributed by atoms with van der Waals surface area (Å²) in [7, 11) is 0. The number of hydrogen-bond donors (Lipinski definition) is 1. The van der Waals surface area contributed by atoms with E-state index in [4.69, 9.17) is 23.7 Å². The average molecular weight is 432 g/mol. The molecule has 0 heterocycles. The Hall–Kier alpha value is -2.69. The number of hydrogen-bond acceptors (Lipinski definition) is 11. The minimum absolute atomic E-state index is 0.186. The fourth-order valence-electron chi connectivity index (χ4n) is 3.59. The normalized spacial score (nSPS) is 26.3. The fraction of sp³-hybridized carbons (Fsp3) is 0.737. The zero-order chi connectivity index (χ0) is 23.1. The molecular formula is C19H28O11. The van der Waals surface area contributed by atoms with Crippen LogP contribution >= 0.6 is 0 Å². The first kappa shape index (κ1) is 25.3. The Labute approximate surface area is 173 Å². The van der Waals surface area contributed by atoms with Crippen molar-refractivity contribution in [2.24, 2.45) is 11.8 Å². The van der Waals surface area contributed by atoms with E-state index in [9.17, 15) is 29.1 Å². The summed E-state index contributed by atoms with van der Waals surface area (Å²) in [6.07, 6.45) is -2.31. The first-order valence-electron chi connectivity index (χ1n) is 9.32. The molecule has 11 heteroatoms. The maximum atomic E-state index is 11.6. The third-order valence-corrected chi connectivity index (χ3v) is 4.65. The Morgan fingerprint density at radius 2 is 1.43 bits per heavy atom. The molecule has 1 rings (SSSR count). The summed E-state index contributed by atoms with van der Waals surface area (Å²) in [6, 6.07) is 0. The topological polar surface area (TPSA) is 152 Å². The van der Waals surface area contributed by atoms with Gasteiger partial charge in [0.15, 0.2) is 0 Å². The van der Waals surface area contributed by atoms with Crippen molar-refractivity contribution in [3.63, 3.8) is 0 Å². The van der Waals surface area contributed by atoms with E-state index < -0.39 is 66.1 Å². The summed E-state index contributed by atoms with van der Waals surface area (Å²) in [5.74, 6) is -5.18. The van der Waals surface area contributed by atoms with Crippen LogP contribution in [0.5, 0.6) is 0 Å². The van der Waals surface area contributed by atoms with Crippen molar-refractivity contribution in [1.29, 1.82) is 0 Å². The van der Waals surface area contributed by atoms with Crippen LogP contribution in [0.1, 0.15) is 41.0 Å². The van der Waals surface area contributed by atoms with Crippen molar-refractivity contribution >= 4 is 29.8 Å². The zero-order valence-electron chi connectivity index (χ0n) is 17.7. The third kappa shape index (κ3) is 7.62. The first-order valence-corrected chi connectivity index (χ1v) is 9.32. The summed E-state index contributed by atoms with van der Waals surface area (Å²) in [5.41, 5.74) is -1.76. The molecule has 5 atom stereocenters. The lowest BCUT2D eigenvalue weighted by atomic mass is 9.83. The maximum absolute atomic E-state index is 11.6. The van der Waals surface area contributed by atoms with Gasteiger partial charge in [-0.15, -0.1) is 0 Å². The predicted molar refractivity (Wildman–Crippen MR) is 97.6 cm³/mol. The summed E-state index contributed by atoms with van der Waals surface area (Å²) < 4.78 is 25.6. The van der Waals surface area contributed by atoms with Crippen LogP contribution in [0.2, 0.25) is 0 Å². The zero-order valence-corrected chi connectivity index (χ0v) is 17.7. The van der Waals surface area contributed by atoms with E-state index in [-0.39, 0.29) is 19.6 Å². The monoisotopic (exact) mass is 432 g/mol. The van der Waals surface area contributed by atoms with Crippen LogP contribution in [0.15, 0.2) is 0 Å². The van der Waals surface area contributed by atoms with Crippen molar-refractivity contribution in [2.45, 2.75) is 58.8 Å². The summed E-state index contributed by atoms with van der Waals surface area (Å²) in [5, 5.41) is 11.2. The van der Waals surface area contributed by atoms with Crippen molar-refractivity contribution in [3.8, 4) is 0 Å². The van der Waals surface area contributed by atoms with E-state index in [1.165, 1.54) is 6.92 Å². The molecule has 1 aliphatic carbocycles. The number of ether oxygens (including phenoxy) is 5. The Morgan fingerprint density at radius 3 is 1.90 bits per heavy atom. The van der Waals surface area contributed by atoms with E-state index in [0.29, 0.717) is 0 Å². The quantitative estimate of drug-likeness (QED) is 0.384. The van der Waals surface area contributed by atoms with E-state index >= 15 is 0 Å². The molecule has 0 aromatic heterocycles. The highest BCUT2D eigenvalue weighted by Crippen LogP contribution is 2.45. The van der Waals surface area contributed by atoms with Crippen molar-refractivity contribution in [2.75, 3.05) is 19.8 Å². The SMILES string of the molecule is CC(=O)OCC(OC(C)=O)[C@H]1[C@H](OC(C)=O)C[C@@](O)(COC(C)=O)[C@H]1COC(C)=O. The molecule has 1 fully saturated rings. The highest BCUT2D eigenvalue weighted by Gasteiger charge is 2.58. The van der Waals surface area contributed by atoms with Gasteiger partial charge >= 0.3 is 29.8 Å². The Morgan fingerprint density at radius 1 is 0.867 bits per heavy atom. The number of rotatable bonds is 9. The summed E-state index contributed by atoms with van der Waals surface area (Å²) in [6.45, 7) is 4.60. The van der Waals surface area contributed by atoms with E-state index in [1.807, 2.05) is 0 Å². The lowest BCUT2D eigenvalue weighted by molar-refractivity contribution is -0.173. The molecule has 0 saturated heterocycles. The maximum Gasteiger partial charge on any atom is 0.303 e. The van der Waals surface area contributed by atoms with Gasteiger partial charge in [-0.05, 0) is 0 Å². The van der Waals surface area contributed by atoms with Gasteiger partial charge < -0.3 is 28.8 Å². The predicted octanol–water partition coefficient (Wildman–Crippen LogP) is -0.0937. The van der Waals surface area contributed by atoms with Crippen molar-refractivity contribution < 1.29 is 52.8 Å². The molecule has 30 heavy (non-hydrogen) atoms. The van der Waals surface area contributed by atoms with Crippen molar-refractivity contribution in [3.05, 3.63) is 0 Å². The fourth-order valence-corrected chi connectivity index (χ4v) is 3.59. The highest BCUT2D eigenvalue weighted by atomic mass is 16.6. The van der Waals surface area contributed by atoms with Gasteiger partial charge in [-0.25, -0.2) is 0 Å². The lowest BCUT2D eigenvalue weighted by Crippen LogP contribution is -2.47. The first-order chi connectivity index (χ1) is 13.9. The molecule has 0 spiro atoms. The Balaban J connectivity index is 3.36. The molecule has 1 aliphatic rings. The van der Waals surface area contributed by atoms with Gasteiger partial charge in [0.2, 0.25) is 0 Å². The highest BCUT2D eigenvalue weighted by molar-refractivity contribution is 5.68. The van der Waals surface area contributed by atoms with Crippen molar-refractivity contribution in [1.82, 2.24) is 0 Å². The standard InChI is InChI=1S/C19H28O11/c1-10(20)26-7-15-18(17(30-14(5)24)8-27-11(2)21)16(29-13(4)23)6-19(15,25)9-28-12(3)22/h15-18,25H,6-9H2,1-5H3/t15-,16+,17?,18+,19+/m0/s1. The van der Waals surface area contributed by atoms with Crippen LogP contribution in [-0.2, 0) is 47.7 Å². The molecule has 1 saturated carbocycles. The molecular weight excluding hydrogens is 404 g/mol. The van der Waals surface area contributed by atoms with E-state index in [0.717, 1.165) is 27.7 Å². The molecule has 0 aromatic carbocycles. The van der Waals surface area contributed by atoms with Gasteiger partial charge in [0.25, 0.3) is 0 Å². The molecule has 0 bridgehead atoms. The van der Waals surface area contributed by atoms with Gasteiger partial charge in [0.1, 0.15) is 31.0 Å². The molecule has 0 radical (unpaired) electrons. The van der Waals surface area contributed by atoms with E-state index in [2.05, 4.69) is 0 Å². The van der Waals surface area contributed by atoms with Crippen LogP contribution in [0.25, 0.3) is 0 Å². The molecule has 170 valence electrons. The average Bonchev–Trinajstić information content (AvgIpc) is 2.85. The minimum Gasteiger partial charge on any atom is -0.465 e. The second kappa shape index (κ2) is 10.9. The number of carbonyl (C=O) groups excluding carboxylic acids is 5. The molecule has 1 unspecified atom stereocenters. The second-order valence-corrected chi connectivity index (χ2v) is 7.17. The van der Waals surface area contributed by atoms with E-state index in [1.54, 1.807) is 0 Å². The third-order valence-electron chi connectivity index (χ3n) is 4.65. The van der Waals surface area contributed by atoms with Gasteiger partial charge in [-0.1, -0.05) is 0 Å². The Kier molecular flexibility index (Phi) is 9.22. The molecule has 0 aliphatic heterocycles. The van der Waals surface area contributed by atoms with Gasteiger partial charge in [-0.2, -0.15) is 0 Å². The smallest absolute Gasteiger partial charge is 0.303 e. The molecule has 11 nitrogen and oxygen atoms in total. The second-order valence-electron chi connectivity index (χ2n) is 7.17. The van der Waals surface area contributed by atoms with Crippen LogP contribution in [0.3, 0.4) is 0 Å². The molecule has 1 N–H and O–H groups in total. The number of carbonyl (C=O) groups is 5. The van der Waals surface area contributed by atoms with Crippen LogP contribution in [0, 0.1) is 11.8 Å². The lowest BCUT2D eigenvalue weighted by Gasteiger charge is -2.34. The number of esters is 5.